The van der Waals surface area contributed by atoms with E-state index in [-0.39, 0.29) is 5.91 Å². The van der Waals surface area contributed by atoms with Crippen LogP contribution in [-0.4, -0.2) is 11.0 Å². The summed E-state index contributed by atoms with van der Waals surface area (Å²) in [7, 11) is 0. The van der Waals surface area contributed by atoms with Gasteiger partial charge in [-0.2, -0.15) is 0 Å². The van der Waals surface area contributed by atoms with Crippen LogP contribution in [0.3, 0.4) is 0 Å². The first-order chi connectivity index (χ1) is 14.2. The molecule has 2 rings (SSSR count). The van der Waals surface area contributed by atoms with Gasteiger partial charge in [0.25, 0.3) is 0 Å². The third-order valence-electron chi connectivity index (χ3n) is 4.99. The molecule has 4 heteroatoms. The largest absolute Gasteiger partial charge is 0.302 e. The van der Waals surface area contributed by atoms with E-state index in [9.17, 15) is 4.79 Å². The minimum Gasteiger partial charge on any atom is -0.302 e. The van der Waals surface area contributed by atoms with Crippen LogP contribution in [0.2, 0.25) is 0 Å². The highest BCUT2D eigenvalue weighted by Crippen LogP contribution is 2.25. The van der Waals surface area contributed by atoms with E-state index < -0.39 is 0 Å². The standard InChI is InChI=1S/C25H34N2OS/c1-2-3-4-5-6-7-8-9-16-21-24(28)26-25(29)27(22-17-12-10-13-18-22)23-19-14-11-15-20-23/h10-15,17-20H,2-9,16,21H2,1H3,(H,26,28,29). The number of carbonyl (C=O) groups excluding carboxylic acids is 1. The van der Waals surface area contributed by atoms with E-state index in [0.29, 0.717) is 11.5 Å². The Balaban J connectivity index is 1.77. The summed E-state index contributed by atoms with van der Waals surface area (Å²) in [5.74, 6) is -0.00481. The third-order valence-corrected chi connectivity index (χ3v) is 5.27. The summed E-state index contributed by atoms with van der Waals surface area (Å²) in [6, 6.07) is 19.8. The lowest BCUT2D eigenvalue weighted by Gasteiger charge is -2.25. The molecule has 0 fully saturated rings. The molecular formula is C25H34N2OS. The van der Waals surface area contributed by atoms with E-state index >= 15 is 0 Å². The molecule has 0 aliphatic rings. The third kappa shape index (κ3) is 8.78. The Morgan fingerprint density at radius 1 is 0.759 bits per heavy atom. The van der Waals surface area contributed by atoms with Crippen molar-refractivity contribution in [3.8, 4) is 0 Å². The van der Waals surface area contributed by atoms with Crippen LogP contribution in [0.25, 0.3) is 0 Å². The van der Waals surface area contributed by atoms with Crippen LogP contribution in [-0.2, 0) is 4.79 Å². The fourth-order valence-corrected chi connectivity index (χ4v) is 3.70. The monoisotopic (exact) mass is 410 g/mol. The van der Waals surface area contributed by atoms with Gasteiger partial charge in [0.2, 0.25) is 5.91 Å². The van der Waals surface area contributed by atoms with Crippen LogP contribution < -0.4 is 10.2 Å². The molecule has 0 heterocycles. The van der Waals surface area contributed by atoms with Crippen molar-refractivity contribution in [3.63, 3.8) is 0 Å². The Morgan fingerprint density at radius 3 is 1.69 bits per heavy atom. The molecule has 0 saturated heterocycles. The SMILES string of the molecule is CCCCCCCCCCCC(=O)NC(=S)N(c1ccccc1)c1ccccc1. The average Bonchev–Trinajstić information content (AvgIpc) is 2.74. The molecule has 0 atom stereocenters. The van der Waals surface area contributed by atoms with Gasteiger partial charge in [-0.1, -0.05) is 94.7 Å². The van der Waals surface area contributed by atoms with E-state index in [1.54, 1.807) is 0 Å². The molecular weight excluding hydrogens is 376 g/mol. The van der Waals surface area contributed by atoms with Crippen molar-refractivity contribution in [3.05, 3.63) is 60.7 Å². The number of anilines is 2. The van der Waals surface area contributed by atoms with Gasteiger partial charge in [-0.05, 0) is 42.9 Å². The Morgan fingerprint density at radius 2 is 1.21 bits per heavy atom. The molecule has 0 aromatic heterocycles. The minimum absolute atomic E-state index is 0.00481. The number of hydrogen-bond acceptors (Lipinski definition) is 2. The van der Waals surface area contributed by atoms with Crippen LogP contribution >= 0.6 is 12.2 Å². The molecule has 0 bridgehead atoms. The topological polar surface area (TPSA) is 32.3 Å². The van der Waals surface area contributed by atoms with Crippen molar-refractivity contribution in [2.75, 3.05) is 4.90 Å². The molecule has 3 nitrogen and oxygen atoms in total. The maximum absolute atomic E-state index is 12.4. The quantitative estimate of drug-likeness (QED) is 0.298. The number of nitrogens with zero attached hydrogens (tertiary/aromatic N) is 1. The Labute approximate surface area is 181 Å². The number of rotatable bonds is 12. The molecule has 2 aromatic rings. The second kappa shape index (κ2) is 13.9. The van der Waals surface area contributed by atoms with Crippen LogP contribution in [0.4, 0.5) is 11.4 Å². The van der Waals surface area contributed by atoms with Gasteiger partial charge in [0.1, 0.15) is 0 Å². The highest BCUT2D eigenvalue weighted by molar-refractivity contribution is 7.80. The number of nitrogens with one attached hydrogen (secondary N) is 1. The lowest BCUT2D eigenvalue weighted by Crippen LogP contribution is -2.40. The lowest BCUT2D eigenvalue weighted by molar-refractivity contribution is -0.119. The predicted molar refractivity (Wildman–Crippen MR) is 128 cm³/mol. The first-order valence-electron chi connectivity index (χ1n) is 11.0. The summed E-state index contributed by atoms with van der Waals surface area (Å²) in [5, 5.41) is 3.34. The summed E-state index contributed by atoms with van der Waals surface area (Å²) < 4.78 is 0. The zero-order chi connectivity index (χ0) is 20.7. The molecule has 0 spiro atoms. The van der Waals surface area contributed by atoms with Crippen molar-refractivity contribution in [1.29, 1.82) is 0 Å². The maximum atomic E-state index is 12.4. The van der Waals surface area contributed by atoms with Gasteiger partial charge in [0, 0.05) is 17.8 Å². The second-order valence-electron chi connectivity index (χ2n) is 7.44. The zero-order valence-electron chi connectivity index (χ0n) is 17.6. The highest BCUT2D eigenvalue weighted by Gasteiger charge is 2.16. The molecule has 0 unspecified atom stereocenters. The number of amides is 1. The van der Waals surface area contributed by atoms with Crippen molar-refractivity contribution in [2.24, 2.45) is 0 Å². The molecule has 1 N–H and O–H groups in total. The summed E-state index contributed by atoms with van der Waals surface area (Å²) in [6.07, 6.45) is 11.7. The van der Waals surface area contributed by atoms with Gasteiger partial charge < -0.3 is 5.32 Å². The van der Waals surface area contributed by atoms with Gasteiger partial charge in [-0.25, -0.2) is 0 Å². The highest BCUT2D eigenvalue weighted by atomic mass is 32.1. The van der Waals surface area contributed by atoms with E-state index in [1.807, 2.05) is 65.6 Å². The Hall–Kier alpha value is -2.20. The van der Waals surface area contributed by atoms with E-state index in [4.69, 9.17) is 12.2 Å². The molecule has 0 aliphatic carbocycles. The summed E-state index contributed by atoms with van der Waals surface area (Å²) in [5.41, 5.74) is 1.87. The Kier molecular flexibility index (Phi) is 11.1. The zero-order valence-corrected chi connectivity index (χ0v) is 18.4. The van der Waals surface area contributed by atoms with Gasteiger partial charge in [-0.15, -0.1) is 0 Å². The van der Waals surface area contributed by atoms with Crippen LogP contribution in [0.15, 0.2) is 60.7 Å². The molecule has 0 aliphatic heterocycles. The van der Waals surface area contributed by atoms with Crippen molar-refractivity contribution in [2.45, 2.75) is 71.1 Å². The summed E-state index contributed by atoms with van der Waals surface area (Å²) in [4.78, 5) is 14.3. The van der Waals surface area contributed by atoms with Crippen molar-refractivity contribution >= 4 is 34.6 Å². The van der Waals surface area contributed by atoms with E-state index in [0.717, 1.165) is 24.2 Å². The van der Waals surface area contributed by atoms with Gasteiger partial charge in [0.15, 0.2) is 5.11 Å². The predicted octanol–water partition coefficient (Wildman–Crippen LogP) is 7.15. The van der Waals surface area contributed by atoms with Gasteiger partial charge in [-0.3, -0.25) is 9.69 Å². The average molecular weight is 411 g/mol. The number of thiocarbonyl (C=S) groups is 1. The number of benzene rings is 2. The number of unbranched alkanes of at least 4 members (excludes halogenated alkanes) is 8. The van der Waals surface area contributed by atoms with Crippen LogP contribution in [0.5, 0.6) is 0 Å². The van der Waals surface area contributed by atoms with Crippen LogP contribution in [0.1, 0.15) is 71.1 Å². The van der Waals surface area contributed by atoms with Crippen LogP contribution in [0, 0.1) is 0 Å². The number of para-hydroxylation sites is 2. The number of carbonyl (C=O) groups is 1. The fourth-order valence-electron chi connectivity index (χ4n) is 3.37. The first kappa shape index (κ1) is 23.1. The fraction of sp³-hybridized carbons (Fsp3) is 0.440. The Bertz CT molecular complexity index is 679. The molecule has 0 saturated carbocycles. The van der Waals surface area contributed by atoms with Crippen molar-refractivity contribution in [1.82, 2.24) is 5.32 Å². The molecule has 1 amide bonds. The normalized spacial score (nSPS) is 10.5. The molecule has 156 valence electrons. The first-order valence-corrected chi connectivity index (χ1v) is 11.4. The maximum Gasteiger partial charge on any atom is 0.226 e. The molecule has 2 aromatic carbocycles. The second-order valence-corrected chi connectivity index (χ2v) is 7.82. The smallest absolute Gasteiger partial charge is 0.226 e. The van der Waals surface area contributed by atoms with E-state index in [1.165, 1.54) is 44.9 Å². The molecule has 0 radical (unpaired) electrons. The molecule has 29 heavy (non-hydrogen) atoms. The number of hydrogen-bond donors (Lipinski definition) is 1. The van der Waals surface area contributed by atoms with Gasteiger partial charge in [0.05, 0.1) is 0 Å². The lowest BCUT2D eigenvalue weighted by atomic mass is 10.1. The summed E-state index contributed by atoms with van der Waals surface area (Å²) in [6.45, 7) is 2.25. The summed E-state index contributed by atoms with van der Waals surface area (Å²) >= 11 is 5.58. The van der Waals surface area contributed by atoms with Gasteiger partial charge >= 0.3 is 0 Å². The minimum atomic E-state index is -0.00481. The van der Waals surface area contributed by atoms with E-state index in [2.05, 4.69) is 12.2 Å². The van der Waals surface area contributed by atoms with Crippen molar-refractivity contribution < 1.29 is 4.79 Å².